The third kappa shape index (κ3) is 3.36. The maximum Gasteiger partial charge on any atom is 0.417 e. The average molecular weight is 456 g/mol. The van der Waals surface area contributed by atoms with E-state index in [9.17, 15) is 9.59 Å². The van der Waals surface area contributed by atoms with Gasteiger partial charge in [0, 0.05) is 18.2 Å². The number of carbonyl (C=O) groups is 1. The Labute approximate surface area is 186 Å². The van der Waals surface area contributed by atoms with Gasteiger partial charge in [-0.1, -0.05) is 29.3 Å². The zero-order valence-corrected chi connectivity index (χ0v) is 17.5. The van der Waals surface area contributed by atoms with Crippen LogP contribution in [0.3, 0.4) is 0 Å². The molecule has 0 radical (unpaired) electrons. The lowest BCUT2D eigenvalue weighted by Gasteiger charge is -2.39. The summed E-state index contributed by atoms with van der Waals surface area (Å²) in [6, 6.07) is 13.5. The number of pyridine rings is 1. The second-order valence-corrected chi connectivity index (χ2v) is 7.98. The number of hydrogen-bond donors (Lipinski definition) is 2. The van der Waals surface area contributed by atoms with E-state index in [1.54, 1.807) is 42.6 Å². The minimum Gasteiger partial charge on any atom is -0.491 e. The number of halogens is 2. The molecule has 9 heteroatoms. The van der Waals surface area contributed by atoms with Crippen LogP contribution >= 0.6 is 23.2 Å². The van der Waals surface area contributed by atoms with Gasteiger partial charge in [0.25, 0.3) is 5.91 Å². The number of amides is 1. The van der Waals surface area contributed by atoms with Gasteiger partial charge in [-0.05, 0) is 48.0 Å². The van der Waals surface area contributed by atoms with Crippen molar-refractivity contribution in [3.63, 3.8) is 0 Å². The maximum atomic E-state index is 13.3. The topological polar surface area (TPSA) is 97.2 Å². The van der Waals surface area contributed by atoms with Gasteiger partial charge < -0.3 is 14.5 Å². The molecule has 1 aliphatic heterocycles. The number of hydrogen-bond acceptors (Lipinski definition) is 5. The van der Waals surface area contributed by atoms with Gasteiger partial charge in [0.1, 0.15) is 17.0 Å². The van der Waals surface area contributed by atoms with Gasteiger partial charge in [-0.2, -0.15) is 0 Å². The minimum atomic E-state index is -0.987. The van der Waals surface area contributed by atoms with Crippen molar-refractivity contribution >= 4 is 40.2 Å². The summed E-state index contributed by atoms with van der Waals surface area (Å²) in [5, 5.41) is 3.91. The highest BCUT2D eigenvalue weighted by Crippen LogP contribution is 2.42. The Kier molecular flexibility index (Phi) is 4.72. The summed E-state index contributed by atoms with van der Waals surface area (Å²) in [6.07, 6.45) is 2.08. The Balaban J connectivity index is 1.63. The molecule has 2 N–H and O–H groups in total. The van der Waals surface area contributed by atoms with Gasteiger partial charge in [-0.25, -0.2) is 4.79 Å². The van der Waals surface area contributed by atoms with E-state index in [2.05, 4.69) is 15.3 Å². The quantitative estimate of drug-likeness (QED) is 0.480. The molecule has 1 aliphatic rings. The first-order valence-electron chi connectivity index (χ1n) is 9.45. The molecule has 1 atom stereocenters. The highest BCUT2D eigenvalue weighted by Gasteiger charge is 2.42. The van der Waals surface area contributed by atoms with Crippen molar-refractivity contribution in [2.24, 2.45) is 0 Å². The first kappa shape index (κ1) is 19.7. The van der Waals surface area contributed by atoms with Gasteiger partial charge in [0.15, 0.2) is 5.58 Å². The van der Waals surface area contributed by atoms with Gasteiger partial charge in [0.05, 0.1) is 22.2 Å². The lowest BCUT2D eigenvalue weighted by atomic mass is 9.81. The Hall–Kier alpha value is -3.29. The summed E-state index contributed by atoms with van der Waals surface area (Å²) < 4.78 is 10.8. The lowest BCUT2D eigenvalue weighted by molar-refractivity contribution is 0.0884. The second-order valence-electron chi connectivity index (χ2n) is 7.16. The average Bonchev–Trinajstić information content (AvgIpc) is 3.15. The van der Waals surface area contributed by atoms with E-state index in [4.69, 9.17) is 32.4 Å². The summed E-state index contributed by atoms with van der Waals surface area (Å²) in [7, 11) is 0. The number of carbonyl (C=O) groups excluding carboxylic acids is 1. The molecule has 31 heavy (non-hydrogen) atoms. The fraction of sp³-hybridized carbons (Fsp3) is 0.136. The van der Waals surface area contributed by atoms with E-state index in [0.717, 1.165) is 5.56 Å². The van der Waals surface area contributed by atoms with E-state index in [-0.39, 0.29) is 5.91 Å². The third-order valence-electron chi connectivity index (χ3n) is 5.33. The smallest absolute Gasteiger partial charge is 0.417 e. The molecule has 4 aromatic rings. The molecule has 0 fully saturated rings. The molecule has 1 amide bonds. The van der Waals surface area contributed by atoms with E-state index in [1.165, 1.54) is 0 Å². The van der Waals surface area contributed by atoms with Crippen LogP contribution in [0.2, 0.25) is 10.0 Å². The molecule has 0 saturated heterocycles. The van der Waals surface area contributed by atoms with E-state index >= 15 is 0 Å². The number of aromatic amines is 1. The summed E-state index contributed by atoms with van der Waals surface area (Å²) in [5.41, 5.74) is 1.49. The highest BCUT2D eigenvalue weighted by atomic mass is 35.5. The zero-order chi connectivity index (χ0) is 21.6. The van der Waals surface area contributed by atoms with Crippen molar-refractivity contribution < 1.29 is 13.9 Å². The van der Waals surface area contributed by atoms with Crippen molar-refractivity contribution in [3.8, 4) is 5.75 Å². The summed E-state index contributed by atoms with van der Waals surface area (Å²) in [5.74, 6) is -0.356. The molecule has 156 valence electrons. The first-order valence-corrected chi connectivity index (χ1v) is 10.2. The van der Waals surface area contributed by atoms with Crippen LogP contribution < -0.4 is 15.8 Å². The van der Waals surface area contributed by atoms with E-state index < -0.39 is 11.3 Å². The number of benzene rings is 2. The lowest BCUT2D eigenvalue weighted by Crippen LogP contribution is -2.50. The Morgan fingerprint density at radius 1 is 1.13 bits per heavy atom. The van der Waals surface area contributed by atoms with Crippen molar-refractivity contribution in [1.82, 2.24) is 15.3 Å². The van der Waals surface area contributed by atoms with Crippen LogP contribution in [0.15, 0.2) is 63.9 Å². The normalized spacial score (nSPS) is 17.7. The van der Waals surface area contributed by atoms with Crippen LogP contribution in [-0.4, -0.2) is 22.5 Å². The zero-order valence-electron chi connectivity index (χ0n) is 15.9. The number of nitrogens with one attached hydrogen (secondary N) is 2. The molecule has 1 unspecified atom stereocenters. The standard InChI is InChI=1S/C22H15Cl2N3O4/c23-14-5-4-13(11-15(14)24)22(7-9-30-18-2-1-8-25-19(18)22)27-20(28)12-3-6-17-16(10-12)26-21(29)31-17/h1-6,8,10-11H,7,9H2,(H,26,29)(H,27,28). The van der Waals surface area contributed by atoms with Gasteiger partial charge in [0.2, 0.25) is 0 Å². The third-order valence-corrected chi connectivity index (χ3v) is 6.07. The van der Waals surface area contributed by atoms with E-state index in [1.807, 2.05) is 12.1 Å². The monoisotopic (exact) mass is 455 g/mol. The molecule has 0 spiro atoms. The highest BCUT2D eigenvalue weighted by molar-refractivity contribution is 6.42. The minimum absolute atomic E-state index is 0.353. The number of ether oxygens (including phenoxy) is 1. The predicted octanol–water partition coefficient (Wildman–Crippen LogP) is 4.28. The molecular weight excluding hydrogens is 441 g/mol. The summed E-state index contributed by atoms with van der Waals surface area (Å²) >= 11 is 12.4. The fourth-order valence-electron chi connectivity index (χ4n) is 3.86. The Bertz CT molecular complexity index is 1380. The second kappa shape index (κ2) is 7.44. The molecular formula is C22H15Cl2N3O4. The summed E-state index contributed by atoms with van der Waals surface area (Å²) in [4.78, 5) is 31.9. The van der Waals surface area contributed by atoms with Crippen molar-refractivity contribution in [2.75, 3.05) is 6.61 Å². The Morgan fingerprint density at radius 2 is 2.00 bits per heavy atom. The number of aromatic nitrogens is 2. The maximum absolute atomic E-state index is 13.3. The molecule has 0 aliphatic carbocycles. The molecule has 0 bridgehead atoms. The van der Waals surface area contributed by atoms with Crippen molar-refractivity contribution in [3.05, 3.63) is 92.1 Å². The van der Waals surface area contributed by atoms with Crippen LogP contribution in [-0.2, 0) is 5.54 Å². The molecule has 2 aromatic carbocycles. The SMILES string of the molecule is O=C(NC1(c2ccc(Cl)c(Cl)c2)CCOc2cccnc21)c1ccc2oc(=O)[nH]c2c1. The number of oxazole rings is 1. The van der Waals surface area contributed by atoms with Gasteiger partial charge >= 0.3 is 5.76 Å². The summed E-state index contributed by atoms with van der Waals surface area (Å²) in [6.45, 7) is 0.368. The molecule has 3 heterocycles. The van der Waals surface area contributed by atoms with Gasteiger partial charge in [-0.15, -0.1) is 0 Å². The largest absolute Gasteiger partial charge is 0.491 e. The predicted molar refractivity (Wildman–Crippen MR) is 116 cm³/mol. The fourth-order valence-corrected chi connectivity index (χ4v) is 4.15. The molecule has 0 saturated carbocycles. The van der Waals surface area contributed by atoms with Crippen LogP contribution in [0.5, 0.6) is 5.75 Å². The molecule has 7 nitrogen and oxygen atoms in total. The van der Waals surface area contributed by atoms with Crippen molar-refractivity contribution in [2.45, 2.75) is 12.0 Å². The van der Waals surface area contributed by atoms with E-state index in [0.29, 0.717) is 51.2 Å². The van der Waals surface area contributed by atoms with Crippen LogP contribution in [0.1, 0.15) is 28.0 Å². The number of H-pyrrole nitrogens is 1. The molecule has 2 aromatic heterocycles. The number of fused-ring (bicyclic) bond motifs is 2. The Morgan fingerprint density at radius 3 is 2.84 bits per heavy atom. The number of nitrogens with zero attached hydrogens (tertiary/aromatic N) is 1. The number of rotatable bonds is 3. The first-order chi connectivity index (χ1) is 15.0. The van der Waals surface area contributed by atoms with Crippen LogP contribution in [0.25, 0.3) is 11.1 Å². The molecule has 5 rings (SSSR count). The van der Waals surface area contributed by atoms with Crippen LogP contribution in [0, 0.1) is 0 Å². The van der Waals surface area contributed by atoms with Crippen LogP contribution in [0.4, 0.5) is 0 Å². The van der Waals surface area contributed by atoms with Crippen molar-refractivity contribution in [1.29, 1.82) is 0 Å². The van der Waals surface area contributed by atoms with Gasteiger partial charge in [-0.3, -0.25) is 14.8 Å².